The van der Waals surface area contributed by atoms with Gasteiger partial charge in [0.2, 0.25) is 0 Å². The zero-order valence-electron chi connectivity index (χ0n) is 30.8. The van der Waals surface area contributed by atoms with Crippen LogP contribution in [0.25, 0.3) is 38.8 Å². The smallest absolute Gasteiger partial charge is 0.661 e. The molecule has 0 spiro atoms. The molecule has 1 aliphatic heterocycles. The molecule has 0 fully saturated rings. The van der Waals surface area contributed by atoms with Crippen LogP contribution in [0.2, 0.25) is 19.6 Å². The third-order valence-corrected chi connectivity index (χ3v) is 12.4. The third kappa shape index (κ3) is 7.05. The Kier molecular flexibility index (Phi) is 10.1. The first-order valence-corrected chi connectivity index (χ1v) is 21.5. The number of nitrogens with zero attached hydrogens (tertiary/aromatic N) is 3. The van der Waals surface area contributed by atoms with Crippen LogP contribution < -0.4 is 10.1 Å². The van der Waals surface area contributed by atoms with Gasteiger partial charge < -0.3 is 15.2 Å². The number of hydrogen-bond acceptors (Lipinski definition) is 2. The summed E-state index contributed by atoms with van der Waals surface area (Å²) in [5.74, 6) is 0. The second kappa shape index (κ2) is 14.8. The SMILES string of the molecule is CC1(C)c2c[c-]c(C3[N-]c4ccccc4N3c3ccc(-c4ccccc4)cc3)cc2-c2ccccc21.C[Si](C)(C)c1ccc(-c2[c-]cccc2)nc1.[Ir+3]. The van der Waals surface area contributed by atoms with Gasteiger partial charge in [-0.05, 0) is 62.9 Å². The van der Waals surface area contributed by atoms with E-state index in [-0.39, 0.29) is 31.7 Å². The Morgan fingerprint density at radius 2 is 1.38 bits per heavy atom. The normalized spacial score (nSPS) is 14.8. The molecule has 53 heavy (non-hydrogen) atoms. The minimum absolute atomic E-state index is 0. The Morgan fingerprint density at radius 1 is 0.679 bits per heavy atom. The molecule has 1 aliphatic carbocycles. The van der Waals surface area contributed by atoms with Gasteiger partial charge in [0.05, 0.1) is 8.07 Å². The van der Waals surface area contributed by atoms with E-state index in [1.165, 1.54) is 38.6 Å². The zero-order chi connectivity index (χ0) is 35.9. The van der Waals surface area contributed by atoms with Gasteiger partial charge in [-0.2, -0.15) is 23.8 Å². The van der Waals surface area contributed by atoms with Crippen LogP contribution in [0.5, 0.6) is 0 Å². The predicted octanol–water partition coefficient (Wildman–Crippen LogP) is 12.4. The molecule has 0 saturated heterocycles. The van der Waals surface area contributed by atoms with Crippen molar-refractivity contribution in [3.63, 3.8) is 0 Å². The molecule has 1 aromatic heterocycles. The minimum Gasteiger partial charge on any atom is -0.661 e. The maximum Gasteiger partial charge on any atom is 3.00 e. The minimum atomic E-state index is -1.23. The molecule has 2 aliphatic rings. The van der Waals surface area contributed by atoms with Crippen LogP contribution in [-0.2, 0) is 25.5 Å². The second-order valence-electron chi connectivity index (χ2n) is 15.1. The maximum absolute atomic E-state index is 5.17. The van der Waals surface area contributed by atoms with Crippen molar-refractivity contribution in [2.24, 2.45) is 0 Å². The molecule has 0 bridgehead atoms. The average molecular weight is 881 g/mol. The van der Waals surface area contributed by atoms with E-state index >= 15 is 0 Å². The summed E-state index contributed by atoms with van der Waals surface area (Å²) in [6, 6.07) is 60.1. The summed E-state index contributed by atoms with van der Waals surface area (Å²) in [7, 11) is -1.23. The van der Waals surface area contributed by atoms with Gasteiger partial charge in [0.1, 0.15) is 0 Å². The molecule has 0 saturated carbocycles. The first-order chi connectivity index (χ1) is 25.2. The molecule has 262 valence electrons. The van der Waals surface area contributed by atoms with Crippen molar-refractivity contribution in [2.45, 2.75) is 45.1 Å². The number of aromatic nitrogens is 1. The van der Waals surface area contributed by atoms with E-state index in [9.17, 15) is 0 Å². The van der Waals surface area contributed by atoms with Crippen molar-refractivity contribution in [3.05, 3.63) is 192 Å². The second-order valence-corrected chi connectivity index (χ2v) is 20.2. The summed E-state index contributed by atoms with van der Waals surface area (Å²) in [4.78, 5) is 6.86. The van der Waals surface area contributed by atoms with E-state index in [2.05, 4.69) is 183 Å². The predicted molar refractivity (Wildman–Crippen MR) is 221 cm³/mol. The van der Waals surface area contributed by atoms with Gasteiger partial charge in [0.25, 0.3) is 0 Å². The Bertz CT molecular complexity index is 2330. The molecular weight excluding hydrogens is 839 g/mol. The number of para-hydroxylation sites is 2. The summed E-state index contributed by atoms with van der Waals surface area (Å²) in [6.45, 7) is 11.6. The van der Waals surface area contributed by atoms with Gasteiger partial charge >= 0.3 is 20.1 Å². The van der Waals surface area contributed by atoms with Crippen LogP contribution in [0, 0.1) is 12.1 Å². The first kappa shape index (κ1) is 36.3. The summed E-state index contributed by atoms with van der Waals surface area (Å²) in [6.07, 6.45) is 1.86. The number of fused-ring (bicyclic) bond motifs is 4. The van der Waals surface area contributed by atoms with Crippen LogP contribution in [0.15, 0.2) is 158 Å². The summed E-state index contributed by atoms with van der Waals surface area (Å²) < 4.78 is 0. The van der Waals surface area contributed by atoms with Crippen molar-refractivity contribution in [3.8, 4) is 33.5 Å². The van der Waals surface area contributed by atoms with Crippen LogP contribution in [0.4, 0.5) is 17.1 Å². The number of pyridine rings is 1. The topological polar surface area (TPSA) is 30.2 Å². The van der Waals surface area contributed by atoms with Crippen molar-refractivity contribution in [2.75, 3.05) is 4.90 Å². The van der Waals surface area contributed by atoms with Crippen molar-refractivity contribution < 1.29 is 20.1 Å². The van der Waals surface area contributed by atoms with Crippen molar-refractivity contribution in [1.82, 2.24) is 4.98 Å². The molecule has 0 radical (unpaired) electrons. The quantitative estimate of drug-likeness (QED) is 0.127. The fourth-order valence-corrected chi connectivity index (χ4v) is 8.42. The van der Waals surface area contributed by atoms with Gasteiger partial charge in [-0.3, -0.25) is 0 Å². The molecule has 0 N–H and O–H groups in total. The molecule has 1 atom stereocenters. The fraction of sp³-hybridized carbons (Fsp3) is 0.146. The van der Waals surface area contributed by atoms with Crippen LogP contribution >= 0.6 is 0 Å². The number of anilines is 2. The molecule has 2 heterocycles. The fourth-order valence-electron chi connectivity index (χ4n) is 7.39. The Morgan fingerprint density at radius 3 is 2.09 bits per heavy atom. The Labute approximate surface area is 329 Å². The summed E-state index contributed by atoms with van der Waals surface area (Å²) in [5, 5.41) is 6.57. The number of benzene rings is 6. The van der Waals surface area contributed by atoms with Crippen LogP contribution in [0.1, 0.15) is 36.7 Å². The molecule has 6 aromatic carbocycles. The molecule has 1 unspecified atom stereocenters. The summed E-state index contributed by atoms with van der Waals surface area (Å²) in [5.41, 5.74) is 14.2. The van der Waals surface area contributed by atoms with Gasteiger partial charge in [0, 0.05) is 17.6 Å². The van der Waals surface area contributed by atoms with Gasteiger partial charge in [-0.1, -0.05) is 131 Å². The number of rotatable bonds is 5. The van der Waals surface area contributed by atoms with E-state index in [1.54, 1.807) is 0 Å². The Hall–Kier alpha value is -5.06. The zero-order valence-corrected chi connectivity index (χ0v) is 34.2. The largest absolute Gasteiger partial charge is 3.00 e. The van der Waals surface area contributed by atoms with E-state index in [4.69, 9.17) is 5.32 Å². The molecule has 9 rings (SSSR count). The molecular formula is C48H42IrN3Si. The van der Waals surface area contributed by atoms with Gasteiger partial charge in [0.15, 0.2) is 0 Å². The number of hydrogen-bond donors (Lipinski definition) is 0. The van der Waals surface area contributed by atoms with E-state index in [0.717, 1.165) is 33.9 Å². The van der Waals surface area contributed by atoms with Gasteiger partial charge in [-0.15, -0.1) is 52.7 Å². The van der Waals surface area contributed by atoms with E-state index < -0.39 is 8.07 Å². The first-order valence-electron chi connectivity index (χ1n) is 18.0. The molecule has 5 heteroatoms. The molecule has 3 nitrogen and oxygen atoms in total. The van der Waals surface area contributed by atoms with Gasteiger partial charge in [-0.25, -0.2) is 0 Å². The standard InChI is InChI=1S/C34H26N2.C14H16NSi.Ir/c1-34(2)29-13-7-6-12-27(29)28-22-25(18-21-30(28)34)33-35-31-14-8-9-15-32(31)36(33)26-19-16-24(17-20-26)23-10-4-3-5-11-23;1-16(2,3)13-9-10-14(15-11-13)12-7-5-4-6-8-12;/h3-17,19-22,33H,1-2H3;4-7,9-11H,1-3H3;/q-2;-1;+3. The monoisotopic (exact) mass is 881 g/mol. The third-order valence-electron chi connectivity index (χ3n) is 10.3. The van der Waals surface area contributed by atoms with Crippen LogP contribution in [-0.4, -0.2) is 13.1 Å². The molecule has 0 amide bonds. The van der Waals surface area contributed by atoms with E-state index in [0.29, 0.717) is 0 Å². The summed E-state index contributed by atoms with van der Waals surface area (Å²) >= 11 is 0. The van der Waals surface area contributed by atoms with Crippen molar-refractivity contribution >= 4 is 30.3 Å². The maximum atomic E-state index is 5.17. The van der Waals surface area contributed by atoms with Crippen LogP contribution in [0.3, 0.4) is 0 Å². The van der Waals surface area contributed by atoms with Crippen molar-refractivity contribution in [1.29, 1.82) is 0 Å². The average Bonchev–Trinajstić information content (AvgIpc) is 3.68. The Balaban J connectivity index is 0.000000216. The molecule has 7 aromatic rings. The van der Waals surface area contributed by atoms with E-state index in [1.807, 2.05) is 30.5 Å².